The third-order valence-electron chi connectivity index (χ3n) is 5.55. The first-order chi connectivity index (χ1) is 9.54. The summed E-state index contributed by atoms with van der Waals surface area (Å²) < 4.78 is 5.09. The molecule has 0 aromatic heterocycles. The fourth-order valence-corrected chi connectivity index (χ4v) is 4.84. The number of likely N-dealkylation sites (tertiary alicyclic amines) is 1. The maximum Gasteiger partial charge on any atom is 0.326 e. The topological polar surface area (TPSA) is 41.6 Å². The lowest BCUT2D eigenvalue weighted by atomic mass is 9.95. The first-order valence-corrected chi connectivity index (χ1v) is 8.16. The van der Waals surface area contributed by atoms with Crippen molar-refractivity contribution in [3.05, 3.63) is 0 Å². The minimum absolute atomic E-state index is 0.0712. The number of hydrogen-bond donors (Lipinski definition) is 1. The monoisotopic (exact) mass is 280 g/mol. The molecule has 4 atom stereocenters. The van der Waals surface area contributed by atoms with Crippen molar-refractivity contribution in [3.8, 4) is 0 Å². The van der Waals surface area contributed by atoms with E-state index in [4.69, 9.17) is 4.74 Å². The minimum atomic E-state index is -0.449. The standard InChI is InChI=1S/C16H28N2O2/c1-11(2)17-16(15(19)20-3)7-6-14(9-16)18-10-12-4-5-13(18)8-12/h11-14,17H,4-10H2,1-3H3. The van der Waals surface area contributed by atoms with E-state index in [1.54, 1.807) is 0 Å². The molecule has 1 heterocycles. The van der Waals surface area contributed by atoms with Crippen LogP contribution in [0.15, 0.2) is 0 Å². The van der Waals surface area contributed by atoms with E-state index in [2.05, 4.69) is 24.1 Å². The largest absolute Gasteiger partial charge is 0.468 e. The van der Waals surface area contributed by atoms with Gasteiger partial charge in [0.25, 0.3) is 0 Å². The molecule has 0 spiro atoms. The molecule has 3 rings (SSSR count). The first kappa shape index (κ1) is 14.3. The van der Waals surface area contributed by atoms with Gasteiger partial charge >= 0.3 is 5.97 Å². The van der Waals surface area contributed by atoms with Gasteiger partial charge in [-0.15, -0.1) is 0 Å². The summed E-state index contributed by atoms with van der Waals surface area (Å²) in [7, 11) is 1.51. The fraction of sp³-hybridized carbons (Fsp3) is 0.938. The number of hydrogen-bond acceptors (Lipinski definition) is 4. The zero-order valence-corrected chi connectivity index (χ0v) is 13.0. The van der Waals surface area contributed by atoms with E-state index in [9.17, 15) is 4.79 Å². The van der Waals surface area contributed by atoms with Gasteiger partial charge in [0.2, 0.25) is 0 Å². The van der Waals surface area contributed by atoms with Gasteiger partial charge in [-0.2, -0.15) is 0 Å². The van der Waals surface area contributed by atoms with Gasteiger partial charge in [-0.1, -0.05) is 0 Å². The van der Waals surface area contributed by atoms with Crippen LogP contribution in [0.5, 0.6) is 0 Å². The zero-order valence-electron chi connectivity index (χ0n) is 13.0. The van der Waals surface area contributed by atoms with Crippen molar-refractivity contribution in [2.45, 2.75) is 76.0 Å². The Morgan fingerprint density at radius 3 is 2.65 bits per heavy atom. The van der Waals surface area contributed by atoms with Gasteiger partial charge in [0.1, 0.15) is 5.54 Å². The summed E-state index contributed by atoms with van der Waals surface area (Å²) >= 11 is 0. The third kappa shape index (κ3) is 2.37. The molecule has 1 saturated heterocycles. The summed E-state index contributed by atoms with van der Waals surface area (Å²) in [5.74, 6) is 0.851. The van der Waals surface area contributed by atoms with Crippen molar-refractivity contribution in [1.82, 2.24) is 10.2 Å². The highest BCUT2D eigenvalue weighted by Gasteiger charge is 2.51. The Bertz CT molecular complexity index is 385. The molecule has 3 aliphatic rings. The number of carbonyl (C=O) groups is 1. The molecule has 0 amide bonds. The van der Waals surface area contributed by atoms with Crippen LogP contribution in [0, 0.1) is 5.92 Å². The lowest BCUT2D eigenvalue weighted by molar-refractivity contribution is -0.149. The Labute approximate surface area is 122 Å². The van der Waals surface area contributed by atoms with Crippen LogP contribution in [0.2, 0.25) is 0 Å². The van der Waals surface area contributed by atoms with Crippen molar-refractivity contribution in [3.63, 3.8) is 0 Å². The molecule has 1 N–H and O–H groups in total. The zero-order chi connectivity index (χ0) is 14.3. The molecule has 0 aromatic rings. The molecule has 4 heteroatoms. The molecule has 0 aromatic carbocycles. The van der Waals surface area contributed by atoms with Gasteiger partial charge in [0, 0.05) is 24.7 Å². The predicted octanol–water partition coefficient (Wildman–Crippen LogP) is 1.93. The summed E-state index contributed by atoms with van der Waals surface area (Å²) in [5.41, 5.74) is -0.449. The lowest BCUT2D eigenvalue weighted by Crippen LogP contribution is -2.54. The first-order valence-electron chi connectivity index (χ1n) is 8.16. The number of nitrogens with one attached hydrogen (secondary N) is 1. The average molecular weight is 280 g/mol. The van der Waals surface area contributed by atoms with Crippen molar-refractivity contribution < 1.29 is 9.53 Å². The molecule has 2 saturated carbocycles. The van der Waals surface area contributed by atoms with Crippen molar-refractivity contribution >= 4 is 5.97 Å². The SMILES string of the molecule is COC(=O)C1(NC(C)C)CCC(N2CC3CCC2C3)C1. The van der Waals surface area contributed by atoms with Gasteiger partial charge in [0.15, 0.2) is 0 Å². The van der Waals surface area contributed by atoms with E-state index in [0.29, 0.717) is 12.1 Å². The van der Waals surface area contributed by atoms with E-state index < -0.39 is 5.54 Å². The number of piperidine rings is 1. The highest BCUT2D eigenvalue weighted by atomic mass is 16.5. The van der Waals surface area contributed by atoms with E-state index in [-0.39, 0.29) is 5.97 Å². The fourth-order valence-electron chi connectivity index (χ4n) is 4.84. The molecule has 2 aliphatic carbocycles. The van der Waals surface area contributed by atoms with Crippen molar-refractivity contribution in [1.29, 1.82) is 0 Å². The van der Waals surface area contributed by atoms with Crippen LogP contribution in [-0.4, -0.2) is 48.2 Å². The molecule has 0 radical (unpaired) electrons. The molecular weight excluding hydrogens is 252 g/mol. The predicted molar refractivity (Wildman–Crippen MR) is 78.5 cm³/mol. The van der Waals surface area contributed by atoms with Crippen molar-refractivity contribution in [2.75, 3.05) is 13.7 Å². The molecule has 3 fully saturated rings. The number of ether oxygens (including phenoxy) is 1. The highest BCUT2D eigenvalue weighted by Crippen LogP contribution is 2.44. The van der Waals surface area contributed by atoms with Crippen LogP contribution in [0.3, 0.4) is 0 Å². The molecule has 4 nitrogen and oxygen atoms in total. The van der Waals surface area contributed by atoms with Crippen LogP contribution >= 0.6 is 0 Å². The molecule has 4 unspecified atom stereocenters. The summed E-state index contributed by atoms with van der Waals surface area (Å²) in [4.78, 5) is 15.0. The normalized spacial score (nSPS) is 40.7. The third-order valence-corrected chi connectivity index (χ3v) is 5.55. The maximum atomic E-state index is 12.3. The van der Waals surface area contributed by atoms with Crippen LogP contribution in [0.4, 0.5) is 0 Å². The number of nitrogens with zero attached hydrogens (tertiary/aromatic N) is 1. The number of esters is 1. The van der Waals surface area contributed by atoms with Crippen LogP contribution in [-0.2, 0) is 9.53 Å². The Balaban J connectivity index is 1.70. The summed E-state index contributed by atoms with van der Waals surface area (Å²) in [6.07, 6.45) is 7.12. The molecule has 1 aliphatic heterocycles. The van der Waals surface area contributed by atoms with Gasteiger partial charge < -0.3 is 4.74 Å². The number of rotatable bonds is 4. The average Bonchev–Trinajstić information content (AvgIpc) is 3.11. The Morgan fingerprint density at radius 2 is 2.10 bits per heavy atom. The quantitative estimate of drug-likeness (QED) is 0.799. The highest BCUT2D eigenvalue weighted by molar-refractivity contribution is 5.81. The summed E-state index contributed by atoms with van der Waals surface area (Å²) in [6, 6.07) is 1.66. The van der Waals surface area contributed by atoms with Gasteiger partial charge in [-0.3, -0.25) is 15.0 Å². The molecule has 114 valence electrons. The smallest absolute Gasteiger partial charge is 0.326 e. The van der Waals surface area contributed by atoms with E-state index >= 15 is 0 Å². The van der Waals surface area contributed by atoms with E-state index in [1.807, 2.05) is 0 Å². The number of methoxy groups -OCH3 is 1. The minimum Gasteiger partial charge on any atom is -0.468 e. The van der Waals surface area contributed by atoms with Crippen molar-refractivity contribution in [2.24, 2.45) is 5.92 Å². The van der Waals surface area contributed by atoms with Gasteiger partial charge in [-0.05, 0) is 58.3 Å². The van der Waals surface area contributed by atoms with E-state index in [0.717, 1.165) is 31.2 Å². The molecule has 2 bridgehead atoms. The van der Waals surface area contributed by atoms with Crippen LogP contribution in [0.25, 0.3) is 0 Å². The number of carbonyl (C=O) groups excluding carboxylic acids is 1. The lowest BCUT2D eigenvalue weighted by Gasteiger charge is -2.35. The van der Waals surface area contributed by atoms with E-state index in [1.165, 1.54) is 32.9 Å². The Morgan fingerprint density at radius 1 is 1.30 bits per heavy atom. The second-order valence-electron chi connectivity index (χ2n) is 7.30. The number of fused-ring (bicyclic) bond motifs is 2. The van der Waals surface area contributed by atoms with Crippen LogP contribution in [0.1, 0.15) is 52.4 Å². The van der Waals surface area contributed by atoms with Gasteiger partial charge in [-0.25, -0.2) is 0 Å². The second kappa shape index (κ2) is 5.30. The van der Waals surface area contributed by atoms with Crippen LogP contribution < -0.4 is 5.32 Å². The Hall–Kier alpha value is -0.610. The Kier molecular flexibility index (Phi) is 3.80. The second-order valence-corrected chi connectivity index (χ2v) is 7.30. The maximum absolute atomic E-state index is 12.3. The van der Waals surface area contributed by atoms with Gasteiger partial charge in [0.05, 0.1) is 7.11 Å². The molecular formula is C16H28N2O2. The summed E-state index contributed by atoms with van der Waals surface area (Å²) in [5, 5.41) is 3.50. The molecule has 20 heavy (non-hydrogen) atoms. The summed E-state index contributed by atoms with van der Waals surface area (Å²) in [6.45, 7) is 5.47.